The van der Waals surface area contributed by atoms with Crippen LogP contribution in [-0.2, 0) is 6.42 Å². The van der Waals surface area contributed by atoms with Gasteiger partial charge < -0.3 is 10.6 Å². The lowest BCUT2D eigenvalue weighted by atomic mass is 10.1. The van der Waals surface area contributed by atoms with Crippen molar-refractivity contribution < 1.29 is 0 Å². The molecule has 0 amide bonds. The molecule has 1 aliphatic heterocycles. The maximum atomic E-state index is 5.71. The van der Waals surface area contributed by atoms with Crippen molar-refractivity contribution >= 4 is 11.8 Å². The van der Waals surface area contributed by atoms with Gasteiger partial charge in [-0.2, -0.15) is 4.98 Å². The molecule has 0 saturated carbocycles. The lowest BCUT2D eigenvalue weighted by molar-refractivity contribution is 0.552. The van der Waals surface area contributed by atoms with Gasteiger partial charge in [-0.1, -0.05) is 26.2 Å². The Kier molecular flexibility index (Phi) is 4.18. The first-order chi connectivity index (χ1) is 8.31. The molecule has 0 radical (unpaired) electrons. The molecule has 0 atom stereocenters. The highest BCUT2D eigenvalue weighted by atomic mass is 15.2. The summed E-state index contributed by atoms with van der Waals surface area (Å²) in [5.74, 6) is 1.45. The van der Waals surface area contributed by atoms with Crippen molar-refractivity contribution in [1.82, 2.24) is 9.97 Å². The number of nitrogens with zero attached hydrogens (tertiary/aromatic N) is 3. The number of anilines is 2. The number of hydrogen-bond acceptors (Lipinski definition) is 4. The Morgan fingerprint density at radius 3 is 2.47 bits per heavy atom. The van der Waals surface area contributed by atoms with E-state index in [2.05, 4.69) is 21.8 Å². The zero-order valence-electron chi connectivity index (χ0n) is 10.7. The van der Waals surface area contributed by atoms with Crippen LogP contribution in [0.1, 0.15) is 44.6 Å². The molecule has 0 bridgehead atoms. The Morgan fingerprint density at radius 1 is 1.18 bits per heavy atom. The highest BCUT2D eigenvalue weighted by molar-refractivity contribution is 5.48. The van der Waals surface area contributed by atoms with Gasteiger partial charge in [0.2, 0.25) is 5.95 Å². The van der Waals surface area contributed by atoms with E-state index in [1.54, 1.807) is 0 Å². The van der Waals surface area contributed by atoms with Crippen molar-refractivity contribution in [2.24, 2.45) is 0 Å². The zero-order valence-corrected chi connectivity index (χ0v) is 10.7. The molecule has 2 rings (SSSR count). The normalized spacial score (nSPS) is 17.6. The minimum Gasteiger partial charge on any atom is -0.368 e. The van der Waals surface area contributed by atoms with Crippen LogP contribution >= 0.6 is 0 Å². The molecule has 0 aliphatic carbocycles. The maximum absolute atomic E-state index is 5.71. The molecule has 2 heterocycles. The number of rotatable bonds is 2. The van der Waals surface area contributed by atoms with Crippen molar-refractivity contribution in [2.75, 3.05) is 23.7 Å². The first kappa shape index (κ1) is 12.1. The number of nitrogen functional groups attached to an aromatic ring is 1. The third kappa shape index (κ3) is 3.08. The largest absolute Gasteiger partial charge is 0.368 e. The van der Waals surface area contributed by atoms with Gasteiger partial charge in [0, 0.05) is 24.8 Å². The van der Waals surface area contributed by atoms with E-state index < -0.39 is 0 Å². The van der Waals surface area contributed by atoms with Crippen LogP contribution in [-0.4, -0.2) is 23.1 Å². The molecule has 94 valence electrons. The monoisotopic (exact) mass is 234 g/mol. The molecule has 0 spiro atoms. The van der Waals surface area contributed by atoms with Crippen LogP contribution < -0.4 is 10.6 Å². The van der Waals surface area contributed by atoms with Crippen molar-refractivity contribution in [3.8, 4) is 0 Å². The van der Waals surface area contributed by atoms with E-state index in [0.717, 1.165) is 25.3 Å². The first-order valence-electron chi connectivity index (χ1n) is 6.67. The van der Waals surface area contributed by atoms with Gasteiger partial charge in [0.25, 0.3) is 0 Å². The van der Waals surface area contributed by atoms with E-state index in [-0.39, 0.29) is 0 Å². The molecular weight excluding hydrogens is 212 g/mol. The summed E-state index contributed by atoms with van der Waals surface area (Å²) in [6, 6.07) is 0. The van der Waals surface area contributed by atoms with Crippen LogP contribution in [0.2, 0.25) is 0 Å². The number of aryl methyl sites for hydroxylation is 1. The lowest BCUT2D eigenvalue weighted by Crippen LogP contribution is -2.29. The van der Waals surface area contributed by atoms with Crippen LogP contribution in [0, 0.1) is 0 Å². The highest BCUT2D eigenvalue weighted by Crippen LogP contribution is 2.22. The van der Waals surface area contributed by atoms with E-state index in [1.807, 2.05) is 6.20 Å². The summed E-state index contributed by atoms with van der Waals surface area (Å²) >= 11 is 0. The Balaban J connectivity index is 2.20. The highest BCUT2D eigenvalue weighted by Gasteiger charge is 2.14. The van der Waals surface area contributed by atoms with Crippen LogP contribution in [0.4, 0.5) is 11.8 Å². The van der Waals surface area contributed by atoms with Crippen molar-refractivity contribution in [3.63, 3.8) is 0 Å². The van der Waals surface area contributed by atoms with E-state index in [0.29, 0.717) is 5.95 Å². The predicted octanol–water partition coefficient (Wildman–Crippen LogP) is 2.39. The summed E-state index contributed by atoms with van der Waals surface area (Å²) in [6.07, 6.45) is 9.39. The fraction of sp³-hybridized carbons (Fsp3) is 0.692. The summed E-state index contributed by atoms with van der Waals surface area (Å²) in [7, 11) is 0. The lowest BCUT2D eigenvalue weighted by Gasteiger charge is -2.27. The Labute approximate surface area is 103 Å². The second kappa shape index (κ2) is 5.84. The molecule has 0 aromatic carbocycles. The van der Waals surface area contributed by atoms with Gasteiger partial charge in [-0.15, -0.1) is 0 Å². The molecule has 1 fully saturated rings. The third-order valence-electron chi connectivity index (χ3n) is 3.40. The molecule has 4 heteroatoms. The van der Waals surface area contributed by atoms with E-state index in [9.17, 15) is 0 Å². The van der Waals surface area contributed by atoms with Gasteiger partial charge in [-0.05, 0) is 19.3 Å². The topological polar surface area (TPSA) is 55.0 Å². The molecule has 1 aliphatic rings. The summed E-state index contributed by atoms with van der Waals surface area (Å²) in [6.45, 7) is 4.34. The fourth-order valence-corrected chi connectivity index (χ4v) is 2.39. The number of hydrogen-bond donors (Lipinski definition) is 1. The molecule has 1 saturated heterocycles. The summed E-state index contributed by atoms with van der Waals surface area (Å²) < 4.78 is 0. The van der Waals surface area contributed by atoms with Crippen molar-refractivity contribution in [1.29, 1.82) is 0 Å². The van der Waals surface area contributed by atoms with Crippen LogP contribution in [0.3, 0.4) is 0 Å². The van der Waals surface area contributed by atoms with Gasteiger partial charge in [-0.25, -0.2) is 4.98 Å². The van der Waals surface area contributed by atoms with Crippen molar-refractivity contribution in [3.05, 3.63) is 11.8 Å². The Morgan fingerprint density at radius 2 is 1.82 bits per heavy atom. The smallest absolute Gasteiger partial charge is 0.221 e. The minimum atomic E-state index is 0.388. The predicted molar refractivity (Wildman–Crippen MR) is 71.1 cm³/mol. The quantitative estimate of drug-likeness (QED) is 0.853. The maximum Gasteiger partial charge on any atom is 0.221 e. The molecule has 1 aromatic rings. The Hall–Kier alpha value is -1.32. The number of nitrogens with two attached hydrogens (primary N) is 1. The second-order valence-electron chi connectivity index (χ2n) is 4.69. The average molecular weight is 234 g/mol. The van der Waals surface area contributed by atoms with Crippen LogP contribution in [0.15, 0.2) is 6.20 Å². The molecule has 1 aromatic heterocycles. The Bertz CT molecular complexity index is 356. The second-order valence-corrected chi connectivity index (χ2v) is 4.69. The van der Waals surface area contributed by atoms with E-state index >= 15 is 0 Å². The van der Waals surface area contributed by atoms with Crippen LogP contribution in [0.5, 0.6) is 0 Å². The van der Waals surface area contributed by atoms with Gasteiger partial charge in [-0.3, -0.25) is 0 Å². The molecule has 17 heavy (non-hydrogen) atoms. The van der Waals surface area contributed by atoms with E-state index in [4.69, 9.17) is 5.73 Å². The SMILES string of the molecule is CCc1cnc(N)nc1N1CCCCCCC1. The molecule has 2 N–H and O–H groups in total. The first-order valence-corrected chi connectivity index (χ1v) is 6.67. The molecular formula is C13H22N4. The summed E-state index contributed by atoms with van der Waals surface area (Å²) in [4.78, 5) is 10.9. The fourth-order valence-electron chi connectivity index (χ4n) is 2.39. The molecule has 0 unspecified atom stereocenters. The zero-order chi connectivity index (χ0) is 12.1. The van der Waals surface area contributed by atoms with Gasteiger partial charge >= 0.3 is 0 Å². The standard InChI is InChI=1S/C13H22N4/c1-2-11-10-15-13(14)16-12(11)17-8-6-4-3-5-7-9-17/h10H,2-9H2,1H3,(H2,14,15,16). The summed E-state index contributed by atoms with van der Waals surface area (Å²) in [5, 5.41) is 0. The van der Waals surface area contributed by atoms with Gasteiger partial charge in [0.15, 0.2) is 0 Å². The molecule has 4 nitrogen and oxygen atoms in total. The minimum absolute atomic E-state index is 0.388. The van der Waals surface area contributed by atoms with Gasteiger partial charge in [0.1, 0.15) is 5.82 Å². The van der Waals surface area contributed by atoms with Crippen LogP contribution in [0.25, 0.3) is 0 Å². The average Bonchev–Trinajstić information content (AvgIpc) is 2.28. The third-order valence-corrected chi connectivity index (χ3v) is 3.40. The van der Waals surface area contributed by atoms with Crippen molar-refractivity contribution in [2.45, 2.75) is 45.4 Å². The summed E-state index contributed by atoms with van der Waals surface area (Å²) in [5.41, 5.74) is 6.92. The van der Waals surface area contributed by atoms with E-state index in [1.165, 1.54) is 37.7 Å². The van der Waals surface area contributed by atoms with Gasteiger partial charge in [0.05, 0.1) is 0 Å². The number of aromatic nitrogens is 2.